The minimum atomic E-state index is -0.166. The number of fused-ring (bicyclic) bond motifs is 1. The Bertz CT molecular complexity index is 905. The second-order valence-corrected chi connectivity index (χ2v) is 4.61. The van der Waals surface area contributed by atoms with Gasteiger partial charge in [-0.1, -0.05) is 0 Å². The van der Waals surface area contributed by atoms with Gasteiger partial charge in [0.05, 0.1) is 18.1 Å². The highest BCUT2D eigenvalue weighted by Gasteiger charge is 2.13. The Morgan fingerprint density at radius 3 is 3.10 bits per heavy atom. The fraction of sp³-hybridized carbons (Fsp3) is 0. The number of rotatable bonds is 2. The first-order chi connectivity index (χ1) is 10.3. The molecule has 0 aliphatic carbocycles. The summed E-state index contributed by atoms with van der Waals surface area (Å²) in [6, 6.07) is 3.69. The highest BCUT2D eigenvalue weighted by molar-refractivity contribution is 6.01. The van der Waals surface area contributed by atoms with E-state index in [1.54, 1.807) is 31.1 Å². The molecule has 0 fully saturated rings. The molecule has 0 aromatic carbocycles. The molecule has 1 N–H and O–H groups in total. The maximum atomic E-state index is 12.3. The SMILES string of the molecule is O=C(c1cnc2[nH]cc(-c3ccoc3)c2c1)n1ccnc1. The van der Waals surface area contributed by atoms with E-state index in [2.05, 4.69) is 15.0 Å². The number of pyridine rings is 1. The molecule has 4 aromatic heterocycles. The van der Waals surface area contributed by atoms with E-state index in [-0.39, 0.29) is 5.91 Å². The van der Waals surface area contributed by atoms with Crippen LogP contribution in [-0.2, 0) is 0 Å². The van der Waals surface area contributed by atoms with Gasteiger partial charge in [-0.15, -0.1) is 0 Å². The van der Waals surface area contributed by atoms with Gasteiger partial charge in [-0.05, 0) is 12.1 Å². The van der Waals surface area contributed by atoms with Crippen molar-refractivity contribution in [2.45, 2.75) is 0 Å². The number of hydrogen-bond donors (Lipinski definition) is 1. The summed E-state index contributed by atoms with van der Waals surface area (Å²) in [5.74, 6) is -0.166. The molecule has 6 nitrogen and oxygen atoms in total. The number of aromatic amines is 1. The van der Waals surface area contributed by atoms with Crippen molar-refractivity contribution in [3.63, 3.8) is 0 Å². The van der Waals surface area contributed by atoms with Gasteiger partial charge >= 0.3 is 0 Å². The lowest BCUT2D eigenvalue weighted by atomic mass is 10.1. The lowest BCUT2D eigenvalue weighted by Crippen LogP contribution is -2.09. The van der Waals surface area contributed by atoms with Gasteiger partial charge < -0.3 is 9.40 Å². The number of H-pyrrole nitrogens is 1. The summed E-state index contributed by atoms with van der Waals surface area (Å²) in [5.41, 5.74) is 3.13. The van der Waals surface area contributed by atoms with Crippen LogP contribution in [0.4, 0.5) is 0 Å². The van der Waals surface area contributed by atoms with Crippen LogP contribution in [0.1, 0.15) is 10.4 Å². The largest absolute Gasteiger partial charge is 0.472 e. The van der Waals surface area contributed by atoms with E-state index < -0.39 is 0 Å². The molecule has 0 amide bonds. The normalized spacial score (nSPS) is 11.0. The molecule has 4 aromatic rings. The Kier molecular flexibility index (Phi) is 2.47. The molecule has 21 heavy (non-hydrogen) atoms. The summed E-state index contributed by atoms with van der Waals surface area (Å²) in [6.07, 6.45) is 11.3. The Balaban J connectivity index is 1.86. The number of hydrogen-bond acceptors (Lipinski definition) is 4. The number of imidazole rings is 1. The molecule has 6 heteroatoms. The molecule has 4 heterocycles. The van der Waals surface area contributed by atoms with Gasteiger partial charge in [0.1, 0.15) is 12.0 Å². The zero-order chi connectivity index (χ0) is 14.2. The molecule has 0 unspecified atom stereocenters. The topological polar surface area (TPSA) is 76.7 Å². The third-order valence-electron chi connectivity index (χ3n) is 3.35. The van der Waals surface area contributed by atoms with Gasteiger partial charge in [0, 0.05) is 41.3 Å². The predicted molar refractivity (Wildman–Crippen MR) is 75.8 cm³/mol. The Morgan fingerprint density at radius 2 is 2.33 bits per heavy atom. The number of nitrogens with zero attached hydrogens (tertiary/aromatic N) is 3. The second-order valence-electron chi connectivity index (χ2n) is 4.61. The zero-order valence-electron chi connectivity index (χ0n) is 10.9. The molecule has 0 aliphatic heterocycles. The number of aromatic nitrogens is 4. The molecule has 0 aliphatic rings. The summed E-state index contributed by atoms with van der Waals surface area (Å²) in [7, 11) is 0. The summed E-state index contributed by atoms with van der Waals surface area (Å²) in [6.45, 7) is 0. The molecule has 4 rings (SSSR count). The first-order valence-electron chi connectivity index (χ1n) is 6.35. The van der Waals surface area contributed by atoms with E-state index in [0.29, 0.717) is 5.56 Å². The van der Waals surface area contributed by atoms with Crippen LogP contribution in [0.25, 0.3) is 22.2 Å². The maximum absolute atomic E-state index is 12.3. The van der Waals surface area contributed by atoms with Gasteiger partial charge in [0.2, 0.25) is 0 Å². The third-order valence-corrected chi connectivity index (χ3v) is 3.35. The summed E-state index contributed by atoms with van der Waals surface area (Å²) in [5, 5.41) is 0.877. The average molecular weight is 278 g/mol. The van der Waals surface area contributed by atoms with Crippen LogP contribution in [0.3, 0.4) is 0 Å². The fourth-order valence-electron chi connectivity index (χ4n) is 2.31. The number of nitrogens with one attached hydrogen (secondary N) is 1. The van der Waals surface area contributed by atoms with Crippen LogP contribution in [0, 0.1) is 0 Å². The van der Waals surface area contributed by atoms with Crippen molar-refractivity contribution in [2.75, 3.05) is 0 Å². The molecular weight excluding hydrogens is 268 g/mol. The minimum absolute atomic E-state index is 0.166. The van der Waals surface area contributed by atoms with Crippen molar-refractivity contribution < 1.29 is 9.21 Å². The first-order valence-corrected chi connectivity index (χ1v) is 6.35. The van der Waals surface area contributed by atoms with Crippen LogP contribution in [0.15, 0.2) is 60.2 Å². The number of carbonyl (C=O) groups is 1. The summed E-state index contributed by atoms with van der Waals surface area (Å²) in [4.78, 5) is 23.6. The molecule has 0 bridgehead atoms. The lowest BCUT2D eigenvalue weighted by Gasteiger charge is -2.01. The van der Waals surface area contributed by atoms with E-state index in [0.717, 1.165) is 22.2 Å². The zero-order valence-corrected chi connectivity index (χ0v) is 10.9. The molecule has 0 saturated carbocycles. The average Bonchev–Trinajstić information content (AvgIpc) is 3.25. The van der Waals surface area contributed by atoms with Gasteiger partial charge in [0.25, 0.3) is 5.91 Å². The first kappa shape index (κ1) is 11.7. The van der Waals surface area contributed by atoms with Gasteiger partial charge in [-0.25, -0.2) is 9.97 Å². The third kappa shape index (κ3) is 1.85. The summed E-state index contributed by atoms with van der Waals surface area (Å²) < 4.78 is 6.53. The maximum Gasteiger partial charge on any atom is 0.264 e. The molecule has 0 spiro atoms. The van der Waals surface area contributed by atoms with Crippen LogP contribution in [0.2, 0.25) is 0 Å². The van der Waals surface area contributed by atoms with Crippen molar-refractivity contribution in [1.82, 2.24) is 19.5 Å². The number of furan rings is 1. The standard InChI is InChI=1S/C15H10N4O2/c20-15(19-3-2-16-9-19)11-5-12-13(10-1-4-21-8-10)7-18-14(12)17-6-11/h1-9H,(H,17,18). The van der Waals surface area contributed by atoms with Crippen molar-refractivity contribution in [3.8, 4) is 11.1 Å². The Morgan fingerprint density at radius 1 is 1.38 bits per heavy atom. The van der Waals surface area contributed by atoms with Gasteiger partial charge in [-0.2, -0.15) is 0 Å². The van der Waals surface area contributed by atoms with E-state index in [1.807, 2.05) is 18.3 Å². The molecule has 102 valence electrons. The smallest absolute Gasteiger partial charge is 0.264 e. The minimum Gasteiger partial charge on any atom is -0.472 e. The van der Waals surface area contributed by atoms with Crippen LogP contribution in [-0.4, -0.2) is 25.4 Å². The quantitative estimate of drug-likeness (QED) is 0.611. The van der Waals surface area contributed by atoms with E-state index in [1.165, 1.54) is 10.9 Å². The van der Waals surface area contributed by atoms with Gasteiger partial charge in [0.15, 0.2) is 0 Å². The van der Waals surface area contributed by atoms with Crippen molar-refractivity contribution in [3.05, 3.63) is 61.3 Å². The molecular formula is C15H10N4O2. The van der Waals surface area contributed by atoms with E-state index in [9.17, 15) is 4.79 Å². The highest BCUT2D eigenvalue weighted by Crippen LogP contribution is 2.28. The van der Waals surface area contributed by atoms with Crippen molar-refractivity contribution in [1.29, 1.82) is 0 Å². The Hall–Kier alpha value is -3.15. The molecule has 0 atom stereocenters. The van der Waals surface area contributed by atoms with Gasteiger partial charge in [-0.3, -0.25) is 9.36 Å². The monoisotopic (exact) mass is 278 g/mol. The lowest BCUT2D eigenvalue weighted by molar-refractivity contribution is 0.0959. The highest BCUT2D eigenvalue weighted by atomic mass is 16.3. The molecule has 0 radical (unpaired) electrons. The number of carbonyl (C=O) groups excluding carboxylic acids is 1. The fourth-order valence-corrected chi connectivity index (χ4v) is 2.31. The predicted octanol–water partition coefficient (Wildman–Crippen LogP) is 2.71. The summed E-state index contributed by atoms with van der Waals surface area (Å²) >= 11 is 0. The second kappa shape index (κ2) is 4.45. The van der Waals surface area contributed by atoms with Crippen LogP contribution < -0.4 is 0 Å². The molecule has 0 saturated heterocycles. The van der Waals surface area contributed by atoms with E-state index >= 15 is 0 Å². The Labute approximate surface area is 119 Å². The van der Waals surface area contributed by atoms with Crippen molar-refractivity contribution in [2.24, 2.45) is 0 Å². The van der Waals surface area contributed by atoms with Crippen LogP contribution in [0.5, 0.6) is 0 Å². The van der Waals surface area contributed by atoms with Crippen molar-refractivity contribution >= 4 is 16.9 Å². The van der Waals surface area contributed by atoms with E-state index in [4.69, 9.17) is 4.42 Å². The van der Waals surface area contributed by atoms with Crippen LogP contribution >= 0.6 is 0 Å².